The summed E-state index contributed by atoms with van der Waals surface area (Å²) in [5.74, 6) is 1.20. The Hall–Kier alpha value is -0.983. The number of ether oxygens (including phenoxy) is 2. The van der Waals surface area contributed by atoms with Gasteiger partial charge in [0.1, 0.15) is 11.7 Å². The van der Waals surface area contributed by atoms with Gasteiger partial charge < -0.3 is 19.0 Å². The lowest BCUT2D eigenvalue weighted by Gasteiger charge is -2.41. The van der Waals surface area contributed by atoms with Crippen molar-refractivity contribution >= 4 is 8.32 Å². The highest BCUT2D eigenvalue weighted by Crippen LogP contribution is 2.55. The second-order valence-corrected chi connectivity index (χ2v) is 17.4. The van der Waals surface area contributed by atoms with Gasteiger partial charge in [0.25, 0.3) is 0 Å². The first-order valence-corrected chi connectivity index (χ1v) is 16.0. The third-order valence-electron chi connectivity index (χ3n) is 8.89. The Morgan fingerprint density at radius 1 is 1.18 bits per heavy atom. The van der Waals surface area contributed by atoms with Crippen molar-refractivity contribution in [3.05, 3.63) is 47.5 Å². The SMILES string of the molecule is CC(C)[C@H]1CC=C(C[C@@]2(COCc3ccccc3)O[C@H]2CO)[C@]1(C)CCO[Si](C)(C)C(C)(C)C. The van der Waals surface area contributed by atoms with Crippen LogP contribution in [-0.4, -0.2) is 44.9 Å². The molecule has 0 spiro atoms. The highest BCUT2D eigenvalue weighted by Gasteiger charge is 2.58. The predicted octanol–water partition coefficient (Wildman–Crippen LogP) is 6.74. The number of aliphatic hydroxyl groups excluding tert-OH is 1. The van der Waals surface area contributed by atoms with E-state index in [1.54, 1.807) is 0 Å². The molecular weight excluding hydrogens is 440 g/mol. The van der Waals surface area contributed by atoms with Crippen LogP contribution in [0.25, 0.3) is 0 Å². The number of aliphatic hydroxyl groups is 1. The molecule has 4 nitrogen and oxygen atoms in total. The molecule has 0 aromatic heterocycles. The summed E-state index contributed by atoms with van der Waals surface area (Å²) in [6, 6.07) is 10.2. The molecule has 1 aromatic rings. The minimum Gasteiger partial charge on any atom is -0.417 e. The van der Waals surface area contributed by atoms with E-state index in [0.717, 1.165) is 31.4 Å². The van der Waals surface area contributed by atoms with Gasteiger partial charge in [-0.3, -0.25) is 0 Å². The Kier molecular flexibility index (Phi) is 8.57. The summed E-state index contributed by atoms with van der Waals surface area (Å²) in [5, 5.41) is 10.1. The van der Waals surface area contributed by atoms with Gasteiger partial charge in [-0.2, -0.15) is 0 Å². The van der Waals surface area contributed by atoms with Crippen molar-refractivity contribution in [2.75, 3.05) is 19.8 Å². The molecule has 4 atom stereocenters. The normalized spacial score (nSPS) is 29.5. The minimum atomic E-state index is -1.78. The first-order valence-electron chi connectivity index (χ1n) is 13.1. The van der Waals surface area contributed by atoms with E-state index in [1.807, 2.05) is 18.2 Å². The lowest BCUT2D eigenvalue weighted by Crippen LogP contribution is -2.42. The van der Waals surface area contributed by atoms with Gasteiger partial charge in [0, 0.05) is 13.0 Å². The second kappa shape index (κ2) is 10.6. The quantitative estimate of drug-likeness (QED) is 0.201. The smallest absolute Gasteiger partial charge is 0.191 e. The van der Waals surface area contributed by atoms with Gasteiger partial charge in [-0.05, 0) is 53.8 Å². The molecule has 1 saturated heterocycles. The number of rotatable bonds is 12. The van der Waals surface area contributed by atoms with Gasteiger partial charge in [0.05, 0.1) is 19.8 Å². The fraction of sp³-hybridized carbons (Fsp3) is 0.724. The van der Waals surface area contributed by atoms with Crippen LogP contribution < -0.4 is 0 Å². The number of hydrogen-bond acceptors (Lipinski definition) is 4. The summed E-state index contributed by atoms with van der Waals surface area (Å²) >= 11 is 0. The molecule has 0 radical (unpaired) electrons. The van der Waals surface area contributed by atoms with Crippen LogP contribution >= 0.6 is 0 Å². The maximum Gasteiger partial charge on any atom is 0.191 e. The summed E-state index contributed by atoms with van der Waals surface area (Å²) < 4.78 is 18.8. The third-order valence-corrected chi connectivity index (χ3v) is 13.4. The molecule has 1 fully saturated rings. The summed E-state index contributed by atoms with van der Waals surface area (Å²) in [4.78, 5) is 0. The lowest BCUT2D eigenvalue weighted by molar-refractivity contribution is 0.0625. The zero-order valence-corrected chi connectivity index (χ0v) is 23.8. The van der Waals surface area contributed by atoms with Crippen molar-refractivity contribution in [1.29, 1.82) is 0 Å². The van der Waals surface area contributed by atoms with Crippen LogP contribution in [0.4, 0.5) is 0 Å². The van der Waals surface area contributed by atoms with E-state index < -0.39 is 13.9 Å². The number of hydrogen-bond donors (Lipinski definition) is 1. The molecule has 5 heteroatoms. The van der Waals surface area contributed by atoms with E-state index in [4.69, 9.17) is 13.9 Å². The summed E-state index contributed by atoms with van der Waals surface area (Å²) in [7, 11) is -1.78. The Balaban J connectivity index is 1.68. The molecule has 1 N–H and O–H groups in total. The van der Waals surface area contributed by atoms with Gasteiger partial charge in [0.2, 0.25) is 0 Å². The van der Waals surface area contributed by atoms with E-state index in [2.05, 4.69) is 72.8 Å². The molecule has 2 aliphatic rings. The monoisotopic (exact) mass is 488 g/mol. The highest BCUT2D eigenvalue weighted by atomic mass is 28.4. The van der Waals surface area contributed by atoms with Gasteiger partial charge >= 0.3 is 0 Å². The van der Waals surface area contributed by atoms with Gasteiger partial charge in [-0.1, -0.05) is 83.5 Å². The lowest BCUT2D eigenvalue weighted by atomic mass is 9.67. The Bertz CT molecular complexity index is 828. The molecule has 0 unspecified atom stereocenters. The average molecular weight is 489 g/mol. The molecule has 1 heterocycles. The summed E-state index contributed by atoms with van der Waals surface area (Å²) in [5.41, 5.74) is 2.29. The second-order valence-electron chi connectivity index (χ2n) is 12.6. The maximum absolute atomic E-state index is 9.89. The Morgan fingerprint density at radius 2 is 1.85 bits per heavy atom. The zero-order chi connectivity index (χ0) is 25.2. The molecule has 1 aliphatic heterocycles. The van der Waals surface area contributed by atoms with Crippen molar-refractivity contribution in [1.82, 2.24) is 0 Å². The molecule has 0 saturated carbocycles. The summed E-state index contributed by atoms with van der Waals surface area (Å²) in [6.45, 7) is 20.6. The van der Waals surface area contributed by atoms with Crippen molar-refractivity contribution in [2.24, 2.45) is 17.3 Å². The topological polar surface area (TPSA) is 51.2 Å². The van der Waals surface area contributed by atoms with Crippen molar-refractivity contribution in [2.45, 2.75) is 97.2 Å². The zero-order valence-electron chi connectivity index (χ0n) is 22.8. The van der Waals surface area contributed by atoms with E-state index in [-0.39, 0.29) is 23.2 Å². The van der Waals surface area contributed by atoms with Crippen LogP contribution in [-0.2, 0) is 20.5 Å². The van der Waals surface area contributed by atoms with Gasteiger partial charge in [-0.15, -0.1) is 0 Å². The fourth-order valence-electron chi connectivity index (χ4n) is 5.39. The van der Waals surface area contributed by atoms with Gasteiger partial charge in [-0.25, -0.2) is 0 Å². The van der Waals surface area contributed by atoms with Gasteiger partial charge in [0.15, 0.2) is 8.32 Å². The van der Waals surface area contributed by atoms with E-state index >= 15 is 0 Å². The van der Waals surface area contributed by atoms with Crippen LogP contribution in [0, 0.1) is 17.3 Å². The van der Waals surface area contributed by atoms with Crippen LogP contribution in [0.2, 0.25) is 18.1 Å². The fourth-order valence-corrected chi connectivity index (χ4v) is 6.43. The van der Waals surface area contributed by atoms with Crippen LogP contribution in [0.3, 0.4) is 0 Å². The standard InChI is InChI=1S/C29H48O4Si/c1-22(2)25-15-14-24(28(25,6)16-17-32-34(7,8)27(3,4)5)18-29(26(19-30)33-29)21-31-20-23-12-10-9-11-13-23/h9-14,22,25-26,30H,15-21H2,1-8H3/t25-,26+,28+,29+/m1/s1. The molecule has 3 rings (SSSR count). The Labute approximate surface area is 209 Å². The Morgan fingerprint density at radius 3 is 2.41 bits per heavy atom. The first-order chi connectivity index (χ1) is 15.8. The van der Waals surface area contributed by atoms with Crippen molar-refractivity contribution < 1.29 is 19.0 Å². The van der Waals surface area contributed by atoms with Crippen molar-refractivity contribution in [3.8, 4) is 0 Å². The third kappa shape index (κ3) is 6.04. The minimum absolute atomic E-state index is 0.0424. The van der Waals surface area contributed by atoms with E-state index in [1.165, 1.54) is 5.57 Å². The van der Waals surface area contributed by atoms with Crippen LogP contribution in [0.5, 0.6) is 0 Å². The van der Waals surface area contributed by atoms with E-state index in [9.17, 15) is 5.11 Å². The largest absolute Gasteiger partial charge is 0.417 e. The number of benzene rings is 1. The molecule has 0 bridgehead atoms. The van der Waals surface area contributed by atoms with Crippen molar-refractivity contribution in [3.63, 3.8) is 0 Å². The van der Waals surface area contributed by atoms with Crippen LogP contribution in [0.1, 0.15) is 66.4 Å². The molecule has 0 amide bonds. The molecule has 1 aliphatic carbocycles. The number of epoxide rings is 1. The molecular formula is C29H48O4Si. The molecule has 34 heavy (non-hydrogen) atoms. The molecule has 1 aromatic carbocycles. The van der Waals surface area contributed by atoms with Crippen LogP contribution in [0.15, 0.2) is 42.0 Å². The summed E-state index contributed by atoms with van der Waals surface area (Å²) in [6.07, 6.45) is 5.27. The first kappa shape index (κ1) is 27.6. The average Bonchev–Trinajstić information content (AvgIpc) is 3.35. The molecule has 192 valence electrons. The number of allylic oxidation sites excluding steroid dienone is 1. The maximum atomic E-state index is 9.89. The van der Waals surface area contributed by atoms with E-state index in [0.29, 0.717) is 25.0 Å². The predicted molar refractivity (Wildman–Crippen MR) is 142 cm³/mol. The highest BCUT2D eigenvalue weighted by molar-refractivity contribution is 6.74.